The van der Waals surface area contributed by atoms with E-state index in [9.17, 15) is 8.42 Å². The Hall–Kier alpha value is -1.27. The molecule has 0 saturated carbocycles. The van der Waals surface area contributed by atoms with Gasteiger partial charge in [0.25, 0.3) is 0 Å². The van der Waals surface area contributed by atoms with Gasteiger partial charge in [0.2, 0.25) is 10.0 Å². The summed E-state index contributed by atoms with van der Waals surface area (Å²) in [6.07, 6.45) is 1.87. The van der Waals surface area contributed by atoms with Crippen LogP contribution in [0.15, 0.2) is 24.3 Å². The highest BCUT2D eigenvalue weighted by Crippen LogP contribution is 2.17. The van der Waals surface area contributed by atoms with E-state index in [2.05, 4.69) is 4.72 Å². The molecule has 0 spiro atoms. The largest absolute Gasteiger partial charge is 0.494 e. The zero-order valence-electron chi connectivity index (χ0n) is 11.1. The second-order valence-corrected chi connectivity index (χ2v) is 6.07. The number of rotatable bonds is 9. The Morgan fingerprint density at radius 3 is 2.47 bits per heavy atom. The van der Waals surface area contributed by atoms with Gasteiger partial charge in [0.1, 0.15) is 5.75 Å². The number of benzene rings is 1. The topological polar surface area (TPSA) is 75.6 Å². The van der Waals surface area contributed by atoms with Crippen LogP contribution in [0, 0.1) is 0 Å². The molecular weight excluding hydrogens is 266 g/mol. The van der Waals surface area contributed by atoms with Crippen molar-refractivity contribution in [2.45, 2.75) is 26.2 Å². The molecule has 1 rings (SSSR count). The third kappa shape index (κ3) is 6.45. The minimum absolute atomic E-state index is 0.0129. The van der Waals surface area contributed by atoms with E-state index >= 15 is 0 Å². The van der Waals surface area contributed by atoms with Crippen molar-refractivity contribution in [2.75, 3.05) is 23.7 Å². The SMILES string of the molecule is CCCOc1ccc(NS(=O)(=O)CCCCO)cc1. The van der Waals surface area contributed by atoms with Gasteiger partial charge in [0, 0.05) is 12.3 Å². The highest BCUT2D eigenvalue weighted by molar-refractivity contribution is 7.92. The van der Waals surface area contributed by atoms with E-state index < -0.39 is 10.0 Å². The van der Waals surface area contributed by atoms with Crippen LogP contribution in [-0.4, -0.2) is 32.5 Å². The van der Waals surface area contributed by atoms with Gasteiger partial charge in [-0.15, -0.1) is 0 Å². The molecule has 1 aromatic rings. The first-order valence-corrected chi connectivity index (χ1v) is 8.07. The van der Waals surface area contributed by atoms with Gasteiger partial charge in [-0.05, 0) is 43.5 Å². The van der Waals surface area contributed by atoms with E-state index in [1.54, 1.807) is 24.3 Å². The molecule has 0 saturated heterocycles. The fourth-order valence-corrected chi connectivity index (χ4v) is 2.66. The van der Waals surface area contributed by atoms with Crippen molar-refractivity contribution in [3.05, 3.63) is 24.3 Å². The van der Waals surface area contributed by atoms with Crippen LogP contribution in [0.25, 0.3) is 0 Å². The Kier molecular flexibility index (Phi) is 6.66. The average Bonchev–Trinajstić information content (AvgIpc) is 2.38. The number of ether oxygens (including phenoxy) is 1. The van der Waals surface area contributed by atoms with Crippen molar-refractivity contribution >= 4 is 15.7 Å². The van der Waals surface area contributed by atoms with Crippen LogP contribution < -0.4 is 9.46 Å². The summed E-state index contributed by atoms with van der Waals surface area (Å²) in [6.45, 7) is 2.68. The first kappa shape index (κ1) is 15.8. The Balaban J connectivity index is 2.52. The van der Waals surface area contributed by atoms with Crippen molar-refractivity contribution in [1.82, 2.24) is 0 Å². The molecule has 6 heteroatoms. The summed E-state index contributed by atoms with van der Waals surface area (Å²) in [4.78, 5) is 0. The number of aliphatic hydroxyl groups excluding tert-OH is 1. The number of anilines is 1. The van der Waals surface area contributed by atoms with Crippen LogP contribution in [-0.2, 0) is 10.0 Å². The maximum atomic E-state index is 11.7. The molecule has 0 heterocycles. The molecule has 0 unspecified atom stereocenters. The molecule has 0 aromatic heterocycles. The smallest absolute Gasteiger partial charge is 0.232 e. The monoisotopic (exact) mass is 287 g/mol. The molecule has 0 radical (unpaired) electrons. The van der Waals surface area contributed by atoms with Crippen LogP contribution in [0.2, 0.25) is 0 Å². The molecule has 19 heavy (non-hydrogen) atoms. The summed E-state index contributed by atoms with van der Waals surface area (Å²) in [5, 5.41) is 8.63. The van der Waals surface area contributed by atoms with Gasteiger partial charge in [0.15, 0.2) is 0 Å². The van der Waals surface area contributed by atoms with Crippen molar-refractivity contribution in [3.8, 4) is 5.75 Å². The number of aliphatic hydroxyl groups is 1. The van der Waals surface area contributed by atoms with Gasteiger partial charge in [-0.3, -0.25) is 4.72 Å². The van der Waals surface area contributed by atoms with Crippen LogP contribution >= 0.6 is 0 Å². The highest BCUT2D eigenvalue weighted by atomic mass is 32.2. The lowest BCUT2D eigenvalue weighted by molar-refractivity contribution is 0.287. The molecule has 0 aliphatic rings. The molecule has 108 valence electrons. The standard InChI is InChI=1S/C13H21NO4S/c1-2-10-18-13-7-5-12(6-8-13)14-19(16,17)11-4-3-9-15/h5-8,14-15H,2-4,9-11H2,1H3. The summed E-state index contributed by atoms with van der Waals surface area (Å²) in [5.41, 5.74) is 0.521. The summed E-state index contributed by atoms with van der Waals surface area (Å²) in [7, 11) is -3.34. The Bertz CT molecular complexity index is 456. The fourth-order valence-electron chi connectivity index (χ4n) is 1.47. The Morgan fingerprint density at radius 2 is 1.89 bits per heavy atom. The van der Waals surface area contributed by atoms with E-state index in [1.807, 2.05) is 6.92 Å². The minimum atomic E-state index is -3.34. The lowest BCUT2D eigenvalue weighted by Crippen LogP contribution is -2.16. The average molecular weight is 287 g/mol. The highest BCUT2D eigenvalue weighted by Gasteiger charge is 2.09. The summed E-state index contributed by atoms with van der Waals surface area (Å²) < 4.78 is 31.3. The predicted octanol–water partition coefficient (Wildman–Crippen LogP) is 1.99. The number of nitrogens with one attached hydrogen (secondary N) is 1. The maximum Gasteiger partial charge on any atom is 0.232 e. The van der Waals surface area contributed by atoms with E-state index in [-0.39, 0.29) is 12.4 Å². The van der Waals surface area contributed by atoms with Crippen LogP contribution in [0.4, 0.5) is 5.69 Å². The number of unbranched alkanes of at least 4 members (excludes halogenated alkanes) is 1. The van der Waals surface area contributed by atoms with Gasteiger partial charge >= 0.3 is 0 Å². The van der Waals surface area contributed by atoms with Crippen LogP contribution in [0.3, 0.4) is 0 Å². The minimum Gasteiger partial charge on any atom is -0.494 e. The van der Waals surface area contributed by atoms with Gasteiger partial charge in [-0.1, -0.05) is 6.92 Å². The predicted molar refractivity (Wildman–Crippen MR) is 76.0 cm³/mol. The third-order valence-electron chi connectivity index (χ3n) is 2.42. The van der Waals surface area contributed by atoms with E-state index in [0.29, 0.717) is 25.1 Å². The zero-order valence-corrected chi connectivity index (χ0v) is 11.9. The summed E-state index contributed by atoms with van der Waals surface area (Å²) >= 11 is 0. The molecular formula is C13H21NO4S. The summed E-state index contributed by atoms with van der Waals surface area (Å²) in [6, 6.07) is 6.83. The second-order valence-electron chi connectivity index (χ2n) is 4.22. The normalized spacial score (nSPS) is 11.3. The van der Waals surface area contributed by atoms with Crippen molar-refractivity contribution in [1.29, 1.82) is 0 Å². The Morgan fingerprint density at radius 1 is 1.21 bits per heavy atom. The van der Waals surface area contributed by atoms with Crippen molar-refractivity contribution in [3.63, 3.8) is 0 Å². The third-order valence-corrected chi connectivity index (χ3v) is 3.79. The quantitative estimate of drug-likeness (QED) is 0.681. The molecule has 0 aliphatic carbocycles. The lowest BCUT2D eigenvalue weighted by atomic mass is 10.3. The molecule has 0 amide bonds. The summed E-state index contributed by atoms with van der Waals surface area (Å²) in [5.74, 6) is 0.742. The molecule has 0 atom stereocenters. The molecule has 0 fully saturated rings. The van der Waals surface area contributed by atoms with Crippen LogP contribution in [0.1, 0.15) is 26.2 Å². The first-order valence-electron chi connectivity index (χ1n) is 6.41. The van der Waals surface area contributed by atoms with Gasteiger partial charge < -0.3 is 9.84 Å². The fraction of sp³-hybridized carbons (Fsp3) is 0.538. The Labute approximate surface area is 114 Å². The number of hydrogen-bond donors (Lipinski definition) is 2. The lowest BCUT2D eigenvalue weighted by Gasteiger charge is -2.09. The maximum absolute atomic E-state index is 11.7. The number of sulfonamides is 1. The van der Waals surface area contributed by atoms with Crippen molar-refractivity contribution in [2.24, 2.45) is 0 Å². The van der Waals surface area contributed by atoms with E-state index in [1.165, 1.54) is 0 Å². The molecule has 0 aliphatic heterocycles. The van der Waals surface area contributed by atoms with Gasteiger partial charge in [0.05, 0.1) is 12.4 Å². The molecule has 5 nitrogen and oxygen atoms in total. The molecule has 1 aromatic carbocycles. The molecule has 2 N–H and O–H groups in total. The van der Waals surface area contributed by atoms with E-state index in [0.717, 1.165) is 12.2 Å². The van der Waals surface area contributed by atoms with E-state index in [4.69, 9.17) is 9.84 Å². The second kappa shape index (κ2) is 8.01. The first-order chi connectivity index (χ1) is 9.07. The van der Waals surface area contributed by atoms with Crippen molar-refractivity contribution < 1.29 is 18.3 Å². The molecule has 0 bridgehead atoms. The van der Waals surface area contributed by atoms with Gasteiger partial charge in [-0.2, -0.15) is 0 Å². The number of hydrogen-bond acceptors (Lipinski definition) is 4. The van der Waals surface area contributed by atoms with Gasteiger partial charge in [-0.25, -0.2) is 8.42 Å². The van der Waals surface area contributed by atoms with Crippen LogP contribution in [0.5, 0.6) is 5.75 Å². The zero-order chi connectivity index (χ0) is 14.1.